The molecule has 0 spiro atoms. The predicted octanol–water partition coefficient (Wildman–Crippen LogP) is 0.887. The molecule has 2 heterocycles. The molecule has 1 atom stereocenters. The van der Waals surface area contributed by atoms with Crippen molar-refractivity contribution in [1.29, 1.82) is 0 Å². The van der Waals surface area contributed by atoms with Gasteiger partial charge >= 0.3 is 0 Å². The maximum atomic E-state index is 11.4. The van der Waals surface area contributed by atoms with E-state index in [2.05, 4.69) is 4.98 Å². The molecular formula is C10H14N2O3S2. The molecule has 0 bridgehead atoms. The van der Waals surface area contributed by atoms with Gasteiger partial charge in [-0.15, -0.1) is 0 Å². The van der Waals surface area contributed by atoms with Crippen LogP contribution in [-0.4, -0.2) is 44.3 Å². The van der Waals surface area contributed by atoms with E-state index in [1.54, 1.807) is 6.92 Å². The van der Waals surface area contributed by atoms with Gasteiger partial charge in [0, 0.05) is 13.1 Å². The second-order valence-corrected chi connectivity index (χ2v) is 7.47. The second-order valence-electron chi connectivity index (χ2n) is 4.23. The summed E-state index contributed by atoms with van der Waals surface area (Å²) in [5.41, 5.74) is 0.702. The number of anilines is 1. The van der Waals surface area contributed by atoms with Gasteiger partial charge in [0.2, 0.25) is 0 Å². The summed E-state index contributed by atoms with van der Waals surface area (Å²) in [6.45, 7) is 1.78. The summed E-state index contributed by atoms with van der Waals surface area (Å²) in [5.74, 6) is 0.422. The van der Waals surface area contributed by atoms with E-state index in [4.69, 9.17) is 0 Å². The van der Waals surface area contributed by atoms with Crippen molar-refractivity contribution in [2.24, 2.45) is 0 Å². The number of aromatic nitrogens is 1. The minimum absolute atomic E-state index is 0.0231. The van der Waals surface area contributed by atoms with E-state index in [1.165, 1.54) is 11.3 Å². The molecule has 0 radical (unpaired) electrons. The van der Waals surface area contributed by atoms with Gasteiger partial charge in [0.05, 0.1) is 22.1 Å². The molecule has 1 aliphatic rings. The average Bonchev–Trinajstić information content (AvgIpc) is 2.80. The van der Waals surface area contributed by atoms with Crippen LogP contribution in [-0.2, 0) is 9.84 Å². The highest BCUT2D eigenvalue weighted by Gasteiger charge is 2.31. The Balaban J connectivity index is 2.20. The molecule has 5 nitrogen and oxygen atoms in total. The van der Waals surface area contributed by atoms with Crippen LogP contribution in [0.15, 0.2) is 0 Å². The first-order valence-electron chi connectivity index (χ1n) is 5.29. The van der Waals surface area contributed by atoms with Crippen molar-refractivity contribution >= 4 is 32.6 Å². The van der Waals surface area contributed by atoms with Crippen molar-refractivity contribution in [3.63, 3.8) is 0 Å². The van der Waals surface area contributed by atoms with Gasteiger partial charge in [-0.2, -0.15) is 0 Å². The van der Waals surface area contributed by atoms with E-state index in [0.29, 0.717) is 22.1 Å². The first-order chi connectivity index (χ1) is 7.93. The highest BCUT2D eigenvalue weighted by atomic mass is 32.2. The molecule has 1 fully saturated rings. The minimum atomic E-state index is -2.89. The molecule has 1 saturated heterocycles. The molecule has 1 aliphatic heterocycles. The Morgan fingerprint density at radius 3 is 2.71 bits per heavy atom. The third-order valence-electron chi connectivity index (χ3n) is 2.99. The van der Waals surface area contributed by atoms with Gasteiger partial charge in [0.15, 0.2) is 21.3 Å². The molecule has 1 aromatic heterocycles. The molecule has 0 amide bonds. The number of hydrogen-bond acceptors (Lipinski definition) is 6. The molecule has 1 unspecified atom stereocenters. The number of sulfone groups is 1. The van der Waals surface area contributed by atoms with Gasteiger partial charge in [-0.25, -0.2) is 13.4 Å². The lowest BCUT2D eigenvalue weighted by molar-refractivity contribution is 0.112. The summed E-state index contributed by atoms with van der Waals surface area (Å²) in [4.78, 5) is 17.5. The fourth-order valence-corrected chi connectivity index (χ4v) is 4.58. The van der Waals surface area contributed by atoms with Gasteiger partial charge in [0.1, 0.15) is 0 Å². The number of carbonyl (C=O) groups is 1. The third-order valence-corrected chi connectivity index (χ3v) is 5.91. The SMILES string of the molecule is Cc1nc(N(C)C2CCS(=O)(=O)C2)sc1C=O. The van der Waals surface area contributed by atoms with Gasteiger partial charge in [-0.05, 0) is 13.3 Å². The van der Waals surface area contributed by atoms with E-state index in [9.17, 15) is 13.2 Å². The van der Waals surface area contributed by atoms with Gasteiger partial charge in [-0.3, -0.25) is 4.79 Å². The largest absolute Gasteiger partial charge is 0.347 e. The Kier molecular flexibility index (Phi) is 3.22. The fraction of sp³-hybridized carbons (Fsp3) is 0.600. The highest BCUT2D eigenvalue weighted by molar-refractivity contribution is 7.91. The van der Waals surface area contributed by atoms with Crippen LogP contribution in [0.1, 0.15) is 21.8 Å². The first-order valence-corrected chi connectivity index (χ1v) is 7.92. The molecule has 0 saturated carbocycles. The maximum absolute atomic E-state index is 11.4. The first kappa shape index (κ1) is 12.5. The third kappa shape index (κ3) is 2.50. The predicted molar refractivity (Wildman–Crippen MR) is 67.7 cm³/mol. The lowest BCUT2D eigenvalue weighted by Gasteiger charge is -2.22. The standard InChI is InChI=1S/C10H14N2O3S2/c1-7-9(5-13)16-10(11-7)12(2)8-3-4-17(14,15)6-8/h5,8H,3-4,6H2,1-2H3. The molecule has 0 aliphatic carbocycles. The Morgan fingerprint density at radius 2 is 2.24 bits per heavy atom. The molecule has 1 aromatic rings. The molecule has 7 heteroatoms. The summed E-state index contributed by atoms with van der Waals surface area (Å²) in [5, 5.41) is 0.715. The Morgan fingerprint density at radius 1 is 1.53 bits per heavy atom. The number of hydrogen-bond donors (Lipinski definition) is 0. The van der Waals surface area contributed by atoms with Crippen LogP contribution in [0.4, 0.5) is 5.13 Å². The quantitative estimate of drug-likeness (QED) is 0.766. The number of rotatable bonds is 3. The smallest absolute Gasteiger partial charge is 0.186 e. The van der Waals surface area contributed by atoms with Gasteiger partial charge < -0.3 is 4.90 Å². The molecule has 0 N–H and O–H groups in total. The lowest BCUT2D eigenvalue weighted by atomic mass is 10.2. The van der Waals surface area contributed by atoms with Crippen LogP contribution >= 0.6 is 11.3 Å². The second kappa shape index (κ2) is 4.38. The van der Waals surface area contributed by atoms with E-state index in [0.717, 1.165) is 6.29 Å². The summed E-state index contributed by atoms with van der Waals surface area (Å²) < 4.78 is 22.8. The lowest BCUT2D eigenvalue weighted by Crippen LogP contribution is -2.32. The number of carbonyl (C=O) groups excluding carboxylic acids is 1. The number of thiazole rings is 1. The van der Waals surface area contributed by atoms with Crippen LogP contribution in [0.3, 0.4) is 0 Å². The van der Waals surface area contributed by atoms with Crippen LogP contribution in [0.5, 0.6) is 0 Å². The van der Waals surface area contributed by atoms with Crippen LogP contribution in [0.25, 0.3) is 0 Å². The highest BCUT2D eigenvalue weighted by Crippen LogP contribution is 2.28. The van der Waals surface area contributed by atoms with Crippen molar-refractivity contribution in [2.45, 2.75) is 19.4 Å². The zero-order chi connectivity index (χ0) is 12.6. The summed E-state index contributed by atoms with van der Waals surface area (Å²) in [6, 6.07) is -0.0231. The fourth-order valence-electron chi connectivity index (χ4n) is 1.89. The Hall–Kier alpha value is -0.950. The molecular weight excluding hydrogens is 260 g/mol. The minimum Gasteiger partial charge on any atom is -0.347 e. The molecule has 2 rings (SSSR count). The van der Waals surface area contributed by atoms with Crippen molar-refractivity contribution in [3.05, 3.63) is 10.6 Å². The van der Waals surface area contributed by atoms with Crippen molar-refractivity contribution < 1.29 is 13.2 Å². The topological polar surface area (TPSA) is 67.3 Å². The number of aldehydes is 1. The maximum Gasteiger partial charge on any atom is 0.186 e. The van der Waals surface area contributed by atoms with E-state index >= 15 is 0 Å². The van der Waals surface area contributed by atoms with Gasteiger partial charge in [-0.1, -0.05) is 11.3 Å². The Bertz CT molecular complexity index is 536. The van der Waals surface area contributed by atoms with E-state index < -0.39 is 9.84 Å². The Labute approximate surface area is 104 Å². The van der Waals surface area contributed by atoms with Crippen molar-refractivity contribution in [2.75, 3.05) is 23.5 Å². The molecule has 17 heavy (non-hydrogen) atoms. The van der Waals surface area contributed by atoms with Gasteiger partial charge in [0.25, 0.3) is 0 Å². The van der Waals surface area contributed by atoms with Crippen LogP contribution < -0.4 is 4.90 Å². The van der Waals surface area contributed by atoms with Crippen LogP contribution in [0, 0.1) is 6.92 Å². The summed E-state index contributed by atoms with van der Waals surface area (Å²) >= 11 is 1.31. The summed E-state index contributed by atoms with van der Waals surface area (Å²) in [7, 11) is -1.06. The average molecular weight is 274 g/mol. The van der Waals surface area contributed by atoms with Crippen molar-refractivity contribution in [3.8, 4) is 0 Å². The number of aryl methyl sites for hydroxylation is 1. The van der Waals surface area contributed by atoms with E-state index in [1.807, 2.05) is 11.9 Å². The van der Waals surface area contributed by atoms with E-state index in [-0.39, 0.29) is 17.5 Å². The normalized spacial score (nSPS) is 22.6. The number of nitrogens with zero attached hydrogens (tertiary/aromatic N) is 2. The zero-order valence-electron chi connectivity index (χ0n) is 9.71. The van der Waals surface area contributed by atoms with Crippen LogP contribution in [0.2, 0.25) is 0 Å². The molecule has 94 valence electrons. The summed E-state index contributed by atoms with van der Waals surface area (Å²) in [6.07, 6.45) is 1.42. The van der Waals surface area contributed by atoms with Crippen molar-refractivity contribution in [1.82, 2.24) is 4.98 Å². The molecule has 0 aromatic carbocycles. The monoisotopic (exact) mass is 274 g/mol. The zero-order valence-corrected chi connectivity index (χ0v) is 11.3.